The summed E-state index contributed by atoms with van der Waals surface area (Å²) in [7, 11) is 0. The smallest absolute Gasteiger partial charge is 0.354 e. The van der Waals surface area contributed by atoms with Crippen LogP contribution in [0.4, 0.5) is 0 Å². The zero-order valence-electron chi connectivity index (χ0n) is 11.0. The summed E-state index contributed by atoms with van der Waals surface area (Å²) in [6.45, 7) is 4.07. The van der Waals surface area contributed by atoms with Crippen molar-refractivity contribution in [1.82, 2.24) is 4.98 Å². The number of H-pyrrole nitrogens is 1. The Labute approximate surface area is 112 Å². The van der Waals surface area contributed by atoms with Gasteiger partial charge in [0.15, 0.2) is 0 Å². The number of aliphatic hydroxyl groups excluding tert-OH is 1. The van der Waals surface area contributed by atoms with Gasteiger partial charge in [-0.3, -0.25) is 0 Å². The molecule has 4 heteroatoms. The summed E-state index contributed by atoms with van der Waals surface area (Å²) in [4.78, 5) is 14.3. The summed E-state index contributed by atoms with van der Waals surface area (Å²) >= 11 is 0. The van der Waals surface area contributed by atoms with E-state index in [-0.39, 0.29) is 0 Å². The molecule has 100 valence electrons. The Balaban J connectivity index is 2.18. The van der Waals surface area contributed by atoms with Gasteiger partial charge < -0.3 is 14.8 Å². The Kier molecular flexibility index (Phi) is 4.02. The highest BCUT2D eigenvalue weighted by molar-refractivity contribution is 5.87. The van der Waals surface area contributed by atoms with Crippen LogP contribution in [0.25, 0.3) is 0 Å². The molecule has 2 aromatic rings. The SMILES string of the molecule is CCOC(=O)c1cc(C(O)c2ccc(C)cc2)c[nH]1. The lowest BCUT2D eigenvalue weighted by Gasteiger charge is -2.09. The molecule has 19 heavy (non-hydrogen) atoms. The largest absolute Gasteiger partial charge is 0.461 e. The average Bonchev–Trinajstić information content (AvgIpc) is 2.89. The van der Waals surface area contributed by atoms with Gasteiger partial charge in [0.25, 0.3) is 0 Å². The van der Waals surface area contributed by atoms with Crippen molar-refractivity contribution in [2.24, 2.45) is 0 Å². The first-order chi connectivity index (χ1) is 9.11. The van der Waals surface area contributed by atoms with E-state index in [1.165, 1.54) is 0 Å². The monoisotopic (exact) mass is 259 g/mol. The Morgan fingerprint density at radius 1 is 1.32 bits per heavy atom. The Hall–Kier alpha value is -2.07. The Morgan fingerprint density at radius 2 is 2.00 bits per heavy atom. The third kappa shape index (κ3) is 3.03. The van der Waals surface area contributed by atoms with Crippen LogP contribution < -0.4 is 0 Å². The molecule has 0 bridgehead atoms. The molecule has 1 atom stereocenters. The van der Waals surface area contributed by atoms with E-state index in [4.69, 9.17) is 4.74 Å². The van der Waals surface area contributed by atoms with E-state index < -0.39 is 12.1 Å². The molecule has 1 aromatic heterocycles. The number of aliphatic hydroxyl groups is 1. The molecular weight excluding hydrogens is 242 g/mol. The molecule has 0 amide bonds. The predicted octanol–water partition coefficient (Wildman–Crippen LogP) is 2.58. The third-order valence-corrected chi connectivity index (χ3v) is 2.91. The summed E-state index contributed by atoms with van der Waals surface area (Å²) in [5.74, 6) is -0.412. The zero-order valence-corrected chi connectivity index (χ0v) is 11.0. The molecule has 0 aliphatic carbocycles. The minimum absolute atomic E-state index is 0.327. The van der Waals surface area contributed by atoms with Crippen molar-refractivity contribution in [2.45, 2.75) is 20.0 Å². The second-order valence-corrected chi connectivity index (χ2v) is 4.38. The number of ether oxygens (including phenoxy) is 1. The summed E-state index contributed by atoms with van der Waals surface area (Å²) in [5.41, 5.74) is 2.92. The molecule has 0 fully saturated rings. The minimum atomic E-state index is -0.750. The van der Waals surface area contributed by atoms with E-state index in [0.29, 0.717) is 17.9 Å². The number of aryl methyl sites for hydroxylation is 1. The van der Waals surface area contributed by atoms with Crippen molar-refractivity contribution in [1.29, 1.82) is 0 Å². The van der Waals surface area contributed by atoms with E-state index in [1.54, 1.807) is 19.2 Å². The number of esters is 1. The zero-order chi connectivity index (χ0) is 13.8. The number of carbonyl (C=O) groups is 1. The number of hydrogen-bond acceptors (Lipinski definition) is 3. The van der Waals surface area contributed by atoms with Gasteiger partial charge in [0, 0.05) is 11.8 Å². The van der Waals surface area contributed by atoms with E-state index in [1.807, 2.05) is 31.2 Å². The molecule has 1 heterocycles. The lowest BCUT2D eigenvalue weighted by molar-refractivity contribution is 0.0520. The van der Waals surface area contributed by atoms with Crippen LogP contribution in [0.3, 0.4) is 0 Å². The Bertz CT molecular complexity index is 557. The van der Waals surface area contributed by atoms with Gasteiger partial charge in [-0.05, 0) is 25.5 Å². The lowest BCUT2D eigenvalue weighted by Crippen LogP contribution is -2.04. The second kappa shape index (κ2) is 5.71. The van der Waals surface area contributed by atoms with Crippen LogP contribution in [0.1, 0.15) is 40.2 Å². The predicted molar refractivity (Wildman–Crippen MR) is 72.0 cm³/mol. The molecule has 4 nitrogen and oxygen atoms in total. The first-order valence-electron chi connectivity index (χ1n) is 6.22. The highest BCUT2D eigenvalue weighted by atomic mass is 16.5. The van der Waals surface area contributed by atoms with Gasteiger partial charge in [-0.1, -0.05) is 29.8 Å². The van der Waals surface area contributed by atoms with Crippen LogP contribution >= 0.6 is 0 Å². The highest BCUT2D eigenvalue weighted by Gasteiger charge is 2.15. The van der Waals surface area contributed by atoms with E-state index in [2.05, 4.69) is 4.98 Å². The molecule has 0 saturated heterocycles. The average molecular weight is 259 g/mol. The fourth-order valence-electron chi connectivity index (χ4n) is 1.84. The molecule has 0 spiro atoms. The number of hydrogen-bond donors (Lipinski definition) is 2. The molecule has 1 aromatic carbocycles. The maximum absolute atomic E-state index is 11.5. The van der Waals surface area contributed by atoms with Gasteiger partial charge in [0.05, 0.1) is 6.61 Å². The number of aromatic amines is 1. The van der Waals surface area contributed by atoms with Crippen molar-refractivity contribution >= 4 is 5.97 Å². The molecular formula is C15H17NO3. The Morgan fingerprint density at radius 3 is 2.63 bits per heavy atom. The van der Waals surface area contributed by atoms with Gasteiger partial charge in [-0.25, -0.2) is 4.79 Å². The van der Waals surface area contributed by atoms with Gasteiger partial charge >= 0.3 is 5.97 Å². The molecule has 2 N–H and O–H groups in total. The van der Waals surface area contributed by atoms with Gasteiger partial charge in [-0.2, -0.15) is 0 Å². The van der Waals surface area contributed by atoms with Crippen molar-refractivity contribution in [3.63, 3.8) is 0 Å². The van der Waals surface area contributed by atoms with Crippen LogP contribution in [0.5, 0.6) is 0 Å². The molecule has 0 aliphatic rings. The normalized spacial score (nSPS) is 12.2. The van der Waals surface area contributed by atoms with Gasteiger partial charge in [0.2, 0.25) is 0 Å². The quantitative estimate of drug-likeness (QED) is 0.829. The van der Waals surface area contributed by atoms with E-state index in [0.717, 1.165) is 11.1 Å². The second-order valence-electron chi connectivity index (χ2n) is 4.38. The van der Waals surface area contributed by atoms with E-state index >= 15 is 0 Å². The third-order valence-electron chi connectivity index (χ3n) is 2.91. The fraction of sp³-hybridized carbons (Fsp3) is 0.267. The number of rotatable bonds is 4. The number of carbonyl (C=O) groups excluding carboxylic acids is 1. The number of nitrogens with one attached hydrogen (secondary N) is 1. The topological polar surface area (TPSA) is 62.3 Å². The minimum Gasteiger partial charge on any atom is -0.461 e. The fourth-order valence-corrected chi connectivity index (χ4v) is 1.84. The number of aromatic nitrogens is 1. The molecule has 0 saturated carbocycles. The van der Waals surface area contributed by atoms with Gasteiger partial charge in [0.1, 0.15) is 11.8 Å². The standard InChI is InChI=1S/C15H17NO3/c1-3-19-15(18)13-8-12(9-16-13)14(17)11-6-4-10(2)5-7-11/h4-9,14,16-17H,3H2,1-2H3. The summed E-state index contributed by atoms with van der Waals surface area (Å²) in [6, 6.07) is 9.24. The summed E-state index contributed by atoms with van der Waals surface area (Å²) < 4.78 is 4.89. The van der Waals surface area contributed by atoms with Gasteiger partial charge in [-0.15, -0.1) is 0 Å². The molecule has 2 rings (SSSR count). The number of benzene rings is 1. The molecule has 0 radical (unpaired) electrons. The van der Waals surface area contributed by atoms with Crippen LogP contribution in [0.2, 0.25) is 0 Å². The van der Waals surface area contributed by atoms with Crippen molar-refractivity contribution in [3.8, 4) is 0 Å². The highest BCUT2D eigenvalue weighted by Crippen LogP contribution is 2.23. The molecule has 0 aliphatic heterocycles. The van der Waals surface area contributed by atoms with E-state index in [9.17, 15) is 9.90 Å². The van der Waals surface area contributed by atoms with Crippen molar-refractivity contribution < 1.29 is 14.6 Å². The van der Waals surface area contributed by atoms with Crippen LogP contribution in [0, 0.1) is 6.92 Å². The van der Waals surface area contributed by atoms with Crippen LogP contribution in [-0.4, -0.2) is 22.7 Å². The van der Waals surface area contributed by atoms with Crippen molar-refractivity contribution in [2.75, 3.05) is 6.61 Å². The first-order valence-corrected chi connectivity index (χ1v) is 6.22. The maximum atomic E-state index is 11.5. The lowest BCUT2D eigenvalue weighted by atomic mass is 10.0. The van der Waals surface area contributed by atoms with Crippen LogP contribution in [0.15, 0.2) is 36.5 Å². The maximum Gasteiger partial charge on any atom is 0.354 e. The summed E-state index contributed by atoms with van der Waals surface area (Å²) in [5, 5.41) is 10.2. The van der Waals surface area contributed by atoms with Crippen molar-refractivity contribution in [3.05, 3.63) is 58.9 Å². The first kappa shape index (κ1) is 13.4. The van der Waals surface area contributed by atoms with Crippen LogP contribution in [-0.2, 0) is 4.74 Å². The summed E-state index contributed by atoms with van der Waals surface area (Å²) in [6.07, 6.45) is 0.872. The molecule has 1 unspecified atom stereocenters.